The molecular weight excluding hydrogens is 751 g/mol. The lowest BCUT2D eigenvalue weighted by Gasteiger charge is -2.53. The van der Waals surface area contributed by atoms with Gasteiger partial charge in [-0.05, 0) is 116 Å². The summed E-state index contributed by atoms with van der Waals surface area (Å²) in [6.45, 7) is 28.8. The number of nitrogens with zero attached hydrogens (tertiary/aromatic N) is 2. The predicted octanol–water partition coefficient (Wildman–Crippen LogP) is 12.3. The molecule has 0 saturated carbocycles. The summed E-state index contributed by atoms with van der Waals surface area (Å²) < 4.78 is 17.5. The van der Waals surface area contributed by atoms with E-state index in [2.05, 4.69) is 119 Å². The fraction of sp³-hybridized carbons (Fsp3) is 0.941. The Labute approximate surface area is 370 Å². The number of carbonyl (C=O) groups excluding carboxylic acids is 3. The van der Waals surface area contributed by atoms with Gasteiger partial charge in [0, 0.05) is 91.0 Å². The molecule has 1 N–H and O–H groups in total. The molecule has 0 amide bonds. The van der Waals surface area contributed by atoms with Gasteiger partial charge in [-0.15, -0.1) is 0 Å². The Balaban J connectivity index is 0.000000449. The highest BCUT2D eigenvalue weighted by Crippen LogP contribution is 2.39. The van der Waals surface area contributed by atoms with Crippen molar-refractivity contribution in [3.8, 4) is 0 Å². The van der Waals surface area contributed by atoms with E-state index in [0.29, 0.717) is 19.3 Å². The third-order valence-electron chi connectivity index (χ3n) is 14.1. The predicted molar refractivity (Wildman–Crippen MR) is 249 cm³/mol. The van der Waals surface area contributed by atoms with Crippen LogP contribution in [-0.2, 0) is 28.6 Å². The van der Waals surface area contributed by atoms with Crippen molar-refractivity contribution in [1.29, 1.82) is 0 Å². The quantitative estimate of drug-likeness (QED) is 0.0649. The second-order valence-corrected chi connectivity index (χ2v) is 23.0. The zero-order chi connectivity index (χ0) is 45.4. The Morgan fingerprint density at radius 2 is 0.650 bits per heavy atom. The number of carbonyl (C=O) groups is 3. The third-order valence-corrected chi connectivity index (χ3v) is 14.1. The molecule has 0 spiro atoms. The van der Waals surface area contributed by atoms with Crippen molar-refractivity contribution in [2.24, 2.45) is 0 Å². The Hall–Kier alpha value is -1.71. The van der Waals surface area contributed by atoms with Crippen molar-refractivity contribution >= 4 is 17.9 Å². The van der Waals surface area contributed by atoms with Crippen LogP contribution >= 0.6 is 0 Å². The van der Waals surface area contributed by atoms with E-state index in [4.69, 9.17) is 14.2 Å². The summed E-state index contributed by atoms with van der Waals surface area (Å²) in [5, 5.41) is 3.63. The average Bonchev–Trinajstić information content (AvgIpc) is 3.08. The summed E-state index contributed by atoms with van der Waals surface area (Å²) >= 11 is 0. The minimum absolute atomic E-state index is 0.00329. The first-order valence-corrected chi connectivity index (χ1v) is 24.6. The molecule has 0 bridgehead atoms. The molecular formula is C51H97N3O6. The largest absolute Gasteiger partial charge is 0.462 e. The van der Waals surface area contributed by atoms with Crippen LogP contribution in [0.2, 0.25) is 0 Å². The molecule has 0 aromatic rings. The van der Waals surface area contributed by atoms with Gasteiger partial charge in [-0.25, -0.2) is 0 Å². The van der Waals surface area contributed by atoms with E-state index >= 15 is 0 Å². The summed E-state index contributed by atoms with van der Waals surface area (Å²) in [5.74, 6) is -0.116. The number of hydrogen-bond acceptors (Lipinski definition) is 9. The maximum absolute atomic E-state index is 12.4. The molecule has 3 aliphatic rings. The van der Waals surface area contributed by atoms with E-state index < -0.39 is 0 Å². The van der Waals surface area contributed by atoms with Crippen LogP contribution in [0.4, 0.5) is 0 Å². The SMILES string of the molecule is CCCCCCCCCCCC(=O)OC1CC(C)(C)NC(C)(C)C1.CN1C(C)(C)CC(OC(=O)CCCCCCCCC(=O)OC2CC(C)(C)N(C)C(C)(C)C2)CC1(C)C. The molecule has 352 valence electrons. The summed E-state index contributed by atoms with van der Waals surface area (Å²) in [4.78, 5) is 41.7. The number of hydrogen-bond donors (Lipinski definition) is 1. The van der Waals surface area contributed by atoms with Crippen molar-refractivity contribution in [1.82, 2.24) is 15.1 Å². The number of likely N-dealkylation sites (tertiary alicyclic amines) is 2. The monoisotopic (exact) mass is 848 g/mol. The lowest BCUT2D eigenvalue weighted by molar-refractivity contribution is -0.160. The molecule has 0 unspecified atom stereocenters. The summed E-state index contributed by atoms with van der Waals surface area (Å²) in [6, 6.07) is 0. The highest BCUT2D eigenvalue weighted by Gasteiger charge is 2.45. The highest BCUT2D eigenvalue weighted by atomic mass is 16.6. The number of piperidine rings is 3. The van der Waals surface area contributed by atoms with Gasteiger partial charge in [0.1, 0.15) is 18.3 Å². The molecule has 9 nitrogen and oxygen atoms in total. The fourth-order valence-electron chi connectivity index (χ4n) is 10.6. The molecule has 0 aliphatic carbocycles. The van der Waals surface area contributed by atoms with Crippen LogP contribution in [0.25, 0.3) is 0 Å². The molecule has 0 atom stereocenters. The van der Waals surface area contributed by atoms with Crippen LogP contribution < -0.4 is 5.32 Å². The molecule has 3 aliphatic heterocycles. The Morgan fingerprint density at radius 3 is 0.917 bits per heavy atom. The third kappa shape index (κ3) is 20.2. The minimum Gasteiger partial charge on any atom is -0.462 e. The van der Waals surface area contributed by atoms with Gasteiger partial charge in [0.25, 0.3) is 0 Å². The maximum atomic E-state index is 12.4. The number of nitrogens with one attached hydrogen (secondary N) is 1. The van der Waals surface area contributed by atoms with Crippen molar-refractivity contribution < 1.29 is 28.6 Å². The Kier molecular flexibility index (Phi) is 22.1. The van der Waals surface area contributed by atoms with E-state index in [0.717, 1.165) is 89.9 Å². The first-order chi connectivity index (χ1) is 27.7. The Morgan fingerprint density at radius 1 is 0.417 bits per heavy atom. The Bertz CT molecular complexity index is 1180. The lowest BCUT2D eigenvalue weighted by atomic mass is 9.78. The molecule has 0 radical (unpaired) electrons. The number of unbranched alkanes of at least 4 members (excludes halogenated alkanes) is 13. The van der Waals surface area contributed by atoms with Gasteiger partial charge >= 0.3 is 17.9 Å². The molecule has 3 heterocycles. The summed E-state index contributed by atoms with van der Waals surface area (Å²) in [6.07, 6.45) is 24.5. The van der Waals surface area contributed by atoms with Gasteiger partial charge < -0.3 is 19.5 Å². The van der Waals surface area contributed by atoms with Crippen LogP contribution in [0, 0.1) is 0 Å². The normalized spacial score (nSPS) is 22.6. The van der Waals surface area contributed by atoms with E-state index in [1.807, 2.05) is 0 Å². The van der Waals surface area contributed by atoms with E-state index in [9.17, 15) is 14.4 Å². The van der Waals surface area contributed by atoms with Crippen LogP contribution in [0.5, 0.6) is 0 Å². The average molecular weight is 848 g/mol. The van der Waals surface area contributed by atoms with Crippen LogP contribution in [0.3, 0.4) is 0 Å². The number of ether oxygens (including phenoxy) is 3. The molecule has 3 saturated heterocycles. The molecule has 0 aromatic carbocycles. The molecule has 9 heteroatoms. The summed E-state index contributed by atoms with van der Waals surface area (Å²) in [7, 11) is 4.33. The maximum Gasteiger partial charge on any atom is 0.306 e. The zero-order valence-electron chi connectivity index (χ0n) is 42.0. The van der Waals surface area contributed by atoms with Crippen molar-refractivity contribution in [2.75, 3.05) is 14.1 Å². The van der Waals surface area contributed by atoms with Crippen molar-refractivity contribution in [3.05, 3.63) is 0 Å². The lowest BCUT2D eigenvalue weighted by Crippen LogP contribution is -2.60. The van der Waals surface area contributed by atoms with Gasteiger partial charge in [-0.1, -0.05) is 84.0 Å². The second-order valence-electron chi connectivity index (χ2n) is 23.0. The van der Waals surface area contributed by atoms with Gasteiger partial charge in [-0.2, -0.15) is 0 Å². The second kappa shape index (κ2) is 24.4. The van der Waals surface area contributed by atoms with Gasteiger partial charge in [-0.3, -0.25) is 24.2 Å². The highest BCUT2D eigenvalue weighted by molar-refractivity contribution is 5.70. The topological polar surface area (TPSA) is 97.4 Å². The minimum atomic E-state index is -0.0563. The summed E-state index contributed by atoms with van der Waals surface area (Å²) in [5.41, 5.74) is 0.173. The van der Waals surface area contributed by atoms with Crippen molar-refractivity contribution in [3.63, 3.8) is 0 Å². The first-order valence-electron chi connectivity index (χ1n) is 24.6. The van der Waals surface area contributed by atoms with Crippen LogP contribution in [0.15, 0.2) is 0 Å². The van der Waals surface area contributed by atoms with Gasteiger partial charge in [0.15, 0.2) is 0 Å². The van der Waals surface area contributed by atoms with Gasteiger partial charge in [0.2, 0.25) is 0 Å². The number of rotatable bonds is 22. The van der Waals surface area contributed by atoms with E-state index in [1.54, 1.807) is 0 Å². The smallest absolute Gasteiger partial charge is 0.306 e. The molecule has 3 fully saturated rings. The zero-order valence-corrected chi connectivity index (χ0v) is 42.0. The van der Waals surface area contributed by atoms with Crippen molar-refractivity contribution in [2.45, 2.75) is 296 Å². The van der Waals surface area contributed by atoms with Crippen LogP contribution in [0.1, 0.15) is 244 Å². The van der Waals surface area contributed by atoms with Crippen LogP contribution in [-0.4, -0.2) is 93.3 Å². The fourth-order valence-corrected chi connectivity index (χ4v) is 10.6. The molecule has 3 rings (SSSR count). The molecule has 0 aromatic heterocycles. The van der Waals surface area contributed by atoms with E-state index in [1.165, 1.54) is 44.9 Å². The van der Waals surface area contributed by atoms with E-state index in [-0.39, 0.29) is 69.5 Å². The first kappa shape index (κ1) is 54.4. The number of esters is 3. The molecule has 60 heavy (non-hydrogen) atoms. The standard InChI is InChI=1S/C30H56N2O4.C21H41NO2/c1-27(2)19-23(20-28(3,4)31(27)9)35-25(33)17-15-13-11-12-14-16-18-26(34)36-24-21-29(5,6)32(10)30(7,8)22-24;1-6-7-8-9-10-11-12-13-14-15-19(23)24-18-16-20(2,3)22-21(4,5)17-18/h23-24H,11-22H2,1-10H3;18,22H,6-17H2,1-5H3. The van der Waals surface area contributed by atoms with Gasteiger partial charge in [0.05, 0.1) is 0 Å².